The van der Waals surface area contributed by atoms with Crippen molar-refractivity contribution in [3.63, 3.8) is 0 Å². The van der Waals surface area contributed by atoms with Crippen LogP contribution in [0.25, 0.3) is 0 Å². The maximum Gasteiger partial charge on any atom is 0.257 e. The van der Waals surface area contributed by atoms with Crippen molar-refractivity contribution < 1.29 is 9.53 Å². The molecule has 0 atom stereocenters. The molecule has 0 saturated heterocycles. The summed E-state index contributed by atoms with van der Waals surface area (Å²) in [5.41, 5.74) is 2.13. The Bertz CT molecular complexity index is 497. The minimum absolute atomic E-state index is 0.200. The van der Waals surface area contributed by atoms with E-state index in [4.69, 9.17) is 4.74 Å². The van der Waals surface area contributed by atoms with Crippen LogP contribution in [0.1, 0.15) is 23.7 Å². The Hall–Kier alpha value is -1.95. The molecule has 1 aromatic carbocycles. The summed E-state index contributed by atoms with van der Waals surface area (Å²) < 4.78 is 5.44. The topological polar surface area (TPSA) is 64.1 Å². The van der Waals surface area contributed by atoms with E-state index in [-0.39, 0.29) is 5.91 Å². The lowest BCUT2D eigenvalue weighted by molar-refractivity contribution is 0.102. The Morgan fingerprint density at radius 2 is 2.17 bits per heavy atom. The number of rotatable bonds is 5. The van der Waals surface area contributed by atoms with Crippen molar-refractivity contribution in [2.24, 2.45) is 0 Å². The number of benzene rings is 1. The monoisotopic (exact) mass is 263 g/mol. The van der Waals surface area contributed by atoms with Crippen LogP contribution in [0.15, 0.2) is 29.8 Å². The summed E-state index contributed by atoms with van der Waals surface area (Å²) in [6.07, 6.45) is 0.958. The third-order valence-corrected chi connectivity index (χ3v) is 2.78. The predicted octanol–water partition coefficient (Wildman–Crippen LogP) is 2.58. The lowest BCUT2D eigenvalue weighted by Crippen LogP contribution is -2.11. The van der Waals surface area contributed by atoms with Gasteiger partial charge in [-0.3, -0.25) is 10.1 Å². The summed E-state index contributed by atoms with van der Waals surface area (Å²) in [4.78, 5) is 11.8. The molecule has 6 heteroatoms. The SMILES string of the molecule is CCCOc1ccc(C(=O)Nc2nncs2)cc1. The maximum atomic E-state index is 11.8. The molecule has 0 saturated carbocycles. The van der Waals surface area contributed by atoms with Gasteiger partial charge in [-0.2, -0.15) is 0 Å². The second-order valence-corrected chi connectivity index (χ2v) is 4.40. The van der Waals surface area contributed by atoms with E-state index in [1.807, 2.05) is 6.92 Å². The van der Waals surface area contributed by atoms with Gasteiger partial charge in [0.25, 0.3) is 5.91 Å². The molecule has 2 rings (SSSR count). The zero-order valence-corrected chi connectivity index (χ0v) is 10.7. The van der Waals surface area contributed by atoms with Crippen molar-refractivity contribution in [2.45, 2.75) is 13.3 Å². The number of anilines is 1. The number of aromatic nitrogens is 2. The van der Waals surface area contributed by atoms with E-state index in [1.165, 1.54) is 11.3 Å². The number of carbonyl (C=O) groups excluding carboxylic acids is 1. The Morgan fingerprint density at radius 3 is 2.78 bits per heavy atom. The Labute approximate surface area is 109 Å². The van der Waals surface area contributed by atoms with E-state index in [9.17, 15) is 4.79 Å². The minimum atomic E-state index is -0.200. The summed E-state index contributed by atoms with van der Waals surface area (Å²) in [6, 6.07) is 7.01. The van der Waals surface area contributed by atoms with Crippen LogP contribution >= 0.6 is 11.3 Å². The highest BCUT2D eigenvalue weighted by atomic mass is 32.1. The van der Waals surface area contributed by atoms with Gasteiger partial charge in [-0.1, -0.05) is 18.3 Å². The van der Waals surface area contributed by atoms with Gasteiger partial charge in [0.15, 0.2) is 0 Å². The van der Waals surface area contributed by atoms with Crippen molar-refractivity contribution >= 4 is 22.4 Å². The molecule has 0 spiro atoms. The number of carbonyl (C=O) groups is 1. The van der Waals surface area contributed by atoms with Crippen molar-refractivity contribution in [2.75, 3.05) is 11.9 Å². The molecule has 0 fully saturated rings. The Morgan fingerprint density at radius 1 is 1.39 bits per heavy atom. The second kappa shape index (κ2) is 6.11. The lowest BCUT2D eigenvalue weighted by Gasteiger charge is -2.05. The highest BCUT2D eigenvalue weighted by Gasteiger charge is 2.07. The standard InChI is InChI=1S/C12H13N3O2S/c1-2-7-17-10-5-3-9(4-6-10)11(16)14-12-15-13-8-18-12/h3-6,8H,2,7H2,1H3,(H,14,15,16). The van der Waals surface area contributed by atoms with Crippen LogP contribution in [0.4, 0.5) is 5.13 Å². The summed E-state index contributed by atoms with van der Waals surface area (Å²) in [7, 11) is 0. The molecule has 5 nitrogen and oxygen atoms in total. The van der Waals surface area contributed by atoms with Crippen LogP contribution in [0.3, 0.4) is 0 Å². The van der Waals surface area contributed by atoms with Gasteiger partial charge in [0.2, 0.25) is 5.13 Å². The Balaban J connectivity index is 1.98. The molecule has 0 radical (unpaired) electrons. The zero-order valence-electron chi connectivity index (χ0n) is 9.92. The fourth-order valence-corrected chi connectivity index (χ4v) is 1.76. The van der Waals surface area contributed by atoms with Crippen molar-refractivity contribution in [1.29, 1.82) is 0 Å². The number of nitrogens with zero attached hydrogens (tertiary/aromatic N) is 2. The van der Waals surface area contributed by atoms with Gasteiger partial charge in [-0.25, -0.2) is 0 Å². The molecule has 94 valence electrons. The molecular formula is C12H13N3O2S. The molecule has 1 aromatic heterocycles. The van der Waals surface area contributed by atoms with E-state index in [1.54, 1.807) is 29.8 Å². The van der Waals surface area contributed by atoms with Crippen LogP contribution in [-0.2, 0) is 0 Å². The van der Waals surface area contributed by atoms with Gasteiger partial charge in [0, 0.05) is 5.56 Å². The minimum Gasteiger partial charge on any atom is -0.494 e. The van der Waals surface area contributed by atoms with E-state index < -0.39 is 0 Å². The summed E-state index contributed by atoms with van der Waals surface area (Å²) in [5, 5.41) is 10.6. The first-order chi connectivity index (χ1) is 8.79. The van der Waals surface area contributed by atoms with Crippen LogP contribution in [0.5, 0.6) is 5.75 Å². The largest absolute Gasteiger partial charge is 0.494 e. The van der Waals surface area contributed by atoms with Gasteiger partial charge in [-0.15, -0.1) is 10.2 Å². The van der Waals surface area contributed by atoms with Crippen molar-refractivity contribution in [1.82, 2.24) is 10.2 Å². The number of amides is 1. The molecule has 0 unspecified atom stereocenters. The predicted molar refractivity (Wildman–Crippen MR) is 70.1 cm³/mol. The van der Waals surface area contributed by atoms with Gasteiger partial charge in [-0.05, 0) is 30.7 Å². The molecule has 1 heterocycles. The lowest BCUT2D eigenvalue weighted by atomic mass is 10.2. The molecule has 1 N–H and O–H groups in total. The number of ether oxygens (including phenoxy) is 1. The molecule has 18 heavy (non-hydrogen) atoms. The average molecular weight is 263 g/mol. The van der Waals surface area contributed by atoms with Gasteiger partial charge >= 0.3 is 0 Å². The molecule has 0 aliphatic rings. The smallest absolute Gasteiger partial charge is 0.257 e. The van der Waals surface area contributed by atoms with E-state index >= 15 is 0 Å². The first kappa shape index (κ1) is 12.5. The van der Waals surface area contributed by atoms with Crippen LogP contribution in [-0.4, -0.2) is 22.7 Å². The third-order valence-electron chi connectivity index (χ3n) is 2.17. The van der Waals surface area contributed by atoms with Gasteiger partial charge in [0.05, 0.1) is 6.61 Å². The van der Waals surface area contributed by atoms with Crippen LogP contribution in [0, 0.1) is 0 Å². The number of nitrogens with one attached hydrogen (secondary N) is 1. The molecule has 1 amide bonds. The van der Waals surface area contributed by atoms with E-state index in [0.29, 0.717) is 17.3 Å². The highest BCUT2D eigenvalue weighted by molar-refractivity contribution is 7.13. The first-order valence-corrected chi connectivity index (χ1v) is 6.48. The van der Waals surface area contributed by atoms with E-state index in [0.717, 1.165) is 12.2 Å². The van der Waals surface area contributed by atoms with Gasteiger partial charge in [0.1, 0.15) is 11.3 Å². The van der Waals surface area contributed by atoms with Gasteiger partial charge < -0.3 is 4.74 Å². The van der Waals surface area contributed by atoms with Crippen LogP contribution in [0.2, 0.25) is 0 Å². The zero-order chi connectivity index (χ0) is 12.8. The maximum absolute atomic E-state index is 11.8. The normalized spacial score (nSPS) is 10.1. The highest BCUT2D eigenvalue weighted by Crippen LogP contribution is 2.15. The molecule has 2 aromatic rings. The molecular weight excluding hydrogens is 250 g/mol. The summed E-state index contributed by atoms with van der Waals surface area (Å²) in [6.45, 7) is 2.72. The first-order valence-electron chi connectivity index (χ1n) is 5.60. The third kappa shape index (κ3) is 3.27. The molecule has 0 aliphatic heterocycles. The number of hydrogen-bond donors (Lipinski definition) is 1. The average Bonchev–Trinajstić information content (AvgIpc) is 2.89. The fraction of sp³-hybridized carbons (Fsp3) is 0.250. The fourth-order valence-electron chi connectivity index (χ4n) is 1.32. The van der Waals surface area contributed by atoms with E-state index in [2.05, 4.69) is 15.5 Å². The summed E-state index contributed by atoms with van der Waals surface area (Å²) in [5.74, 6) is 0.568. The van der Waals surface area contributed by atoms with Crippen molar-refractivity contribution in [3.8, 4) is 5.75 Å². The molecule has 0 bridgehead atoms. The quantitative estimate of drug-likeness (QED) is 0.900. The van der Waals surface area contributed by atoms with Crippen LogP contribution < -0.4 is 10.1 Å². The second-order valence-electron chi connectivity index (χ2n) is 3.57. The Kier molecular flexibility index (Phi) is 4.25. The summed E-state index contributed by atoms with van der Waals surface area (Å²) >= 11 is 1.28. The molecule has 0 aliphatic carbocycles. The van der Waals surface area contributed by atoms with Crippen molar-refractivity contribution in [3.05, 3.63) is 35.3 Å². The number of hydrogen-bond acceptors (Lipinski definition) is 5.